The van der Waals surface area contributed by atoms with Gasteiger partial charge in [-0.3, -0.25) is 14.3 Å². The molecule has 1 aliphatic heterocycles. The predicted molar refractivity (Wildman–Crippen MR) is 111 cm³/mol. The van der Waals surface area contributed by atoms with Gasteiger partial charge < -0.3 is 14.4 Å². The van der Waals surface area contributed by atoms with Crippen LogP contribution in [0.4, 0.5) is 5.95 Å². The monoisotopic (exact) mass is 403 g/mol. The smallest absolute Gasteiger partial charge is 0.255 e. The molecule has 2 aromatic heterocycles. The Kier molecular flexibility index (Phi) is 5.46. The summed E-state index contributed by atoms with van der Waals surface area (Å²) in [5.41, 5.74) is 2.63. The summed E-state index contributed by atoms with van der Waals surface area (Å²) in [6.45, 7) is 1.53. The van der Waals surface area contributed by atoms with E-state index in [1.165, 1.54) is 10.6 Å². The van der Waals surface area contributed by atoms with E-state index in [1.807, 2.05) is 17.0 Å². The average molecular weight is 403 g/mol. The van der Waals surface area contributed by atoms with Gasteiger partial charge in [0.25, 0.3) is 5.56 Å². The normalized spacial score (nSPS) is 16.2. The van der Waals surface area contributed by atoms with Crippen LogP contribution in [0.25, 0.3) is 11.3 Å². The zero-order chi connectivity index (χ0) is 21.1. The third-order valence-corrected chi connectivity index (χ3v) is 5.14. The van der Waals surface area contributed by atoms with Gasteiger partial charge in [-0.1, -0.05) is 0 Å². The molecule has 0 bridgehead atoms. The number of aromatic nitrogens is 3. The minimum atomic E-state index is -0.316. The molecule has 152 valence electrons. The number of methoxy groups -OCH3 is 1. The molecule has 1 aliphatic rings. The summed E-state index contributed by atoms with van der Waals surface area (Å²) >= 11 is 0. The molecule has 1 atom stereocenters. The molecule has 0 amide bonds. The number of anilines is 1. The van der Waals surface area contributed by atoms with E-state index < -0.39 is 0 Å². The molecule has 1 unspecified atom stereocenters. The van der Waals surface area contributed by atoms with Crippen molar-refractivity contribution in [3.63, 3.8) is 0 Å². The fourth-order valence-electron chi connectivity index (χ4n) is 3.56. The van der Waals surface area contributed by atoms with Crippen LogP contribution in [0.5, 0.6) is 5.75 Å². The van der Waals surface area contributed by atoms with Gasteiger partial charge in [0.05, 0.1) is 37.6 Å². The number of ether oxygens (including phenoxy) is 2. The van der Waals surface area contributed by atoms with Gasteiger partial charge in [-0.2, -0.15) is 5.26 Å². The third kappa shape index (κ3) is 3.75. The zero-order valence-electron chi connectivity index (χ0n) is 16.8. The largest absolute Gasteiger partial charge is 0.496 e. The van der Waals surface area contributed by atoms with Crippen molar-refractivity contribution < 1.29 is 9.47 Å². The molecule has 0 spiro atoms. The minimum Gasteiger partial charge on any atom is -0.496 e. The van der Waals surface area contributed by atoms with Crippen LogP contribution in [0.15, 0.2) is 53.6 Å². The Morgan fingerprint density at radius 3 is 2.77 bits per heavy atom. The number of nitrogens with zero attached hydrogens (tertiary/aromatic N) is 5. The van der Waals surface area contributed by atoms with E-state index in [1.54, 1.807) is 44.8 Å². The number of rotatable bonds is 4. The van der Waals surface area contributed by atoms with E-state index in [0.717, 1.165) is 11.1 Å². The van der Waals surface area contributed by atoms with Crippen molar-refractivity contribution in [3.8, 4) is 23.1 Å². The molecule has 0 radical (unpaired) electrons. The highest BCUT2D eigenvalue weighted by molar-refractivity contribution is 5.59. The van der Waals surface area contributed by atoms with Gasteiger partial charge in [0.15, 0.2) is 0 Å². The zero-order valence-corrected chi connectivity index (χ0v) is 16.8. The Bertz CT molecular complexity index is 1150. The summed E-state index contributed by atoms with van der Waals surface area (Å²) < 4.78 is 13.0. The second kappa shape index (κ2) is 8.35. The van der Waals surface area contributed by atoms with Gasteiger partial charge in [0.2, 0.25) is 5.95 Å². The van der Waals surface area contributed by atoms with E-state index in [9.17, 15) is 10.1 Å². The molecule has 1 aromatic carbocycles. The minimum absolute atomic E-state index is 0.140. The molecule has 8 heteroatoms. The fourth-order valence-corrected chi connectivity index (χ4v) is 3.56. The molecule has 0 aliphatic carbocycles. The number of hydrogen-bond donors (Lipinski definition) is 0. The first-order valence-corrected chi connectivity index (χ1v) is 9.53. The Labute approximate surface area is 174 Å². The highest BCUT2D eigenvalue weighted by atomic mass is 16.5. The molecule has 8 nitrogen and oxygen atoms in total. The molecule has 0 saturated carbocycles. The lowest BCUT2D eigenvalue weighted by molar-refractivity contribution is 0.0374. The molecule has 30 heavy (non-hydrogen) atoms. The van der Waals surface area contributed by atoms with Gasteiger partial charge in [-0.15, -0.1) is 0 Å². The Hall–Kier alpha value is -3.70. The van der Waals surface area contributed by atoms with Crippen molar-refractivity contribution in [2.24, 2.45) is 7.05 Å². The second-order valence-electron chi connectivity index (χ2n) is 6.95. The summed E-state index contributed by atoms with van der Waals surface area (Å²) in [5.74, 6) is 1.23. The van der Waals surface area contributed by atoms with E-state index in [0.29, 0.717) is 42.7 Å². The summed E-state index contributed by atoms with van der Waals surface area (Å²) in [6, 6.07) is 12.6. The van der Waals surface area contributed by atoms with Gasteiger partial charge in [0.1, 0.15) is 11.9 Å². The summed E-state index contributed by atoms with van der Waals surface area (Å²) in [6.07, 6.45) is 3.03. The lowest BCUT2D eigenvalue weighted by atomic mass is 10.0. The molecular weight excluding hydrogens is 382 g/mol. The quantitative estimate of drug-likeness (QED) is 0.660. The maximum atomic E-state index is 12.6. The lowest BCUT2D eigenvalue weighted by Gasteiger charge is -2.35. The topological polar surface area (TPSA) is 93.3 Å². The van der Waals surface area contributed by atoms with Crippen LogP contribution in [0, 0.1) is 11.3 Å². The van der Waals surface area contributed by atoms with Crippen LogP contribution in [0.2, 0.25) is 0 Å². The highest BCUT2D eigenvalue weighted by Gasteiger charge is 2.27. The van der Waals surface area contributed by atoms with Crippen molar-refractivity contribution in [1.29, 1.82) is 5.26 Å². The molecule has 4 rings (SSSR count). The van der Waals surface area contributed by atoms with Crippen molar-refractivity contribution in [3.05, 3.63) is 70.3 Å². The van der Waals surface area contributed by atoms with Crippen LogP contribution in [-0.2, 0) is 11.8 Å². The molecule has 1 fully saturated rings. The van der Waals surface area contributed by atoms with E-state index >= 15 is 0 Å². The van der Waals surface area contributed by atoms with Gasteiger partial charge in [-0.25, -0.2) is 4.98 Å². The van der Waals surface area contributed by atoms with E-state index in [4.69, 9.17) is 14.5 Å². The number of morpholine rings is 1. The summed E-state index contributed by atoms with van der Waals surface area (Å²) in [5, 5.41) is 9.27. The maximum absolute atomic E-state index is 12.6. The molecule has 3 aromatic rings. The standard InChI is InChI=1S/C22H21N5O3/c1-26-21(28)12-18(16-5-7-24-8-6-16)25-22(26)27-9-10-30-20(14-27)17-11-15(13-23)3-4-19(17)29-2/h3-8,11-12,20H,9-10,14H2,1-2H3. The fraction of sp³-hybridized carbons (Fsp3) is 0.273. The van der Waals surface area contributed by atoms with Crippen LogP contribution in [0.1, 0.15) is 17.2 Å². The Morgan fingerprint density at radius 1 is 1.23 bits per heavy atom. The molecule has 0 N–H and O–H groups in total. The van der Waals surface area contributed by atoms with E-state index in [2.05, 4.69) is 11.1 Å². The molecule has 3 heterocycles. The summed E-state index contributed by atoms with van der Waals surface area (Å²) in [7, 11) is 3.30. The Balaban J connectivity index is 1.70. The number of hydrogen-bond acceptors (Lipinski definition) is 7. The van der Waals surface area contributed by atoms with Crippen molar-refractivity contribution in [2.45, 2.75) is 6.10 Å². The van der Waals surface area contributed by atoms with Crippen LogP contribution >= 0.6 is 0 Å². The number of nitriles is 1. The van der Waals surface area contributed by atoms with E-state index in [-0.39, 0.29) is 11.7 Å². The van der Waals surface area contributed by atoms with Crippen LogP contribution in [0.3, 0.4) is 0 Å². The van der Waals surface area contributed by atoms with Crippen molar-refractivity contribution in [2.75, 3.05) is 31.7 Å². The van der Waals surface area contributed by atoms with Crippen molar-refractivity contribution >= 4 is 5.95 Å². The average Bonchev–Trinajstić information content (AvgIpc) is 2.81. The Morgan fingerprint density at radius 2 is 2.03 bits per heavy atom. The predicted octanol–water partition coefficient (Wildman–Crippen LogP) is 2.30. The number of benzene rings is 1. The van der Waals surface area contributed by atoms with Gasteiger partial charge >= 0.3 is 0 Å². The van der Waals surface area contributed by atoms with Gasteiger partial charge in [0, 0.05) is 43.2 Å². The number of pyridine rings is 1. The van der Waals surface area contributed by atoms with Crippen LogP contribution < -0.4 is 15.2 Å². The SMILES string of the molecule is COc1ccc(C#N)cc1C1CN(c2nc(-c3ccncc3)cc(=O)n2C)CCO1. The second-order valence-corrected chi connectivity index (χ2v) is 6.95. The van der Waals surface area contributed by atoms with Crippen LogP contribution in [-0.4, -0.2) is 41.3 Å². The highest BCUT2D eigenvalue weighted by Crippen LogP contribution is 2.32. The molecule has 1 saturated heterocycles. The first-order valence-electron chi connectivity index (χ1n) is 9.53. The third-order valence-electron chi connectivity index (χ3n) is 5.14. The van der Waals surface area contributed by atoms with Crippen molar-refractivity contribution in [1.82, 2.24) is 14.5 Å². The summed E-state index contributed by atoms with van der Waals surface area (Å²) in [4.78, 5) is 23.4. The first-order chi connectivity index (χ1) is 14.6. The van der Waals surface area contributed by atoms with Gasteiger partial charge in [-0.05, 0) is 30.3 Å². The molecular formula is C22H21N5O3. The first kappa shape index (κ1) is 19.6. The maximum Gasteiger partial charge on any atom is 0.255 e. The lowest BCUT2D eigenvalue weighted by Crippen LogP contribution is -2.41.